The first-order valence-electron chi connectivity index (χ1n) is 11.0. The minimum atomic E-state index is -0.571. The average Bonchev–Trinajstić information content (AvgIpc) is 2.83. The fraction of sp³-hybridized carbons (Fsp3) is 0.259. The number of para-hydroxylation sites is 1. The molecule has 1 fully saturated rings. The van der Waals surface area contributed by atoms with Gasteiger partial charge in [-0.1, -0.05) is 78.9 Å². The third-order valence-electron chi connectivity index (χ3n) is 6.11. The molecule has 0 atom stereocenters. The number of carbonyl (C=O) groups is 2. The Morgan fingerprint density at radius 2 is 1.22 bits per heavy atom. The monoisotopic (exact) mass is 427 g/mol. The molecule has 0 unspecified atom stereocenters. The van der Waals surface area contributed by atoms with Crippen LogP contribution in [0.25, 0.3) is 0 Å². The number of amides is 2. The molecule has 0 aliphatic carbocycles. The molecule has 2 amide bonds. The van der Waals surface area contributed by atoms with Crippen molar-refractivity contribution >= 4 is 17.5 Å². The maximum Gasteiger partial charge on any atom is 0.313 e. The lowest BCUT2D eigenvalue weighted by atomic mass is 9.96. The van der Waals surface area contributed by atoms with Crippen LogP contribution in [0.4, 0.5) is 5.69 Å². The molecule has 1 N–H and O–H groups in total. The van der Waals surface area contributed by atoms with E-state index in [-0.39, 0.29) is 6.04 Å². The lowest BCUT2D eigenvalue weighted by Gasteiger charge is -2.39. The van der Waals surface area contributed by atoms with Gasteiger partial charge in [-0.05, 0) is 36.1 Å². The van der Waals surface area contributed by atoms with Crippen molar-refractivity contribution in [2.45, 2.75) is 19.9 Å². The predicted octanol–water partition coefficient (Wildman–Crippen LogP) is 4.18. The van der Waals surface area contributed by atoms with Crippen LogP contribution in [0.5, 0.6) is 0 Å². The molecule has 0 bridgehead atoms. The molecular formula is C27H29N3O2. The molecule has 0 radical (unpaired) electrons. The summed E-state index contributed by atoms with van der Waals surface area (Å²) in [6.45, 7) is 6.32. The van der Waals surface area contributed by atoms with Gasteiger partial charge in [0.15, 0.2) is 0 Å². The molecule has 164 valence electrons. The molecule has 5 heteroatoms. The number of rotatable bonds is 4. The molecule has 3 aromatic rings. The molecule has 1 aliphatic heterocycles. The minimum absolute atomic E-state index is 0.123. The topological polar surface area (TPSA) is 52.7 Å². The SMILES string of the molecule is Cc1cccc(C)c1NC(=O)C(=O)N1CCN(C(c2ccccc2)c2ccccc2)CC1. The van der Waals surface area contributed by atoms with E-state index < -0.39 is 11.8 Å². The smallest absolute Gasteiger partial charge is 0.313 e. The molecule has 1 saturated heterocycles. The zero-order valence-corrected chi connectivity index (χ0v) is 18.6. The van der Waals surface area contributed by atoms with Crippen molar-refractivity contribution in [1.29, 1.82) is 0 Å². The molecule has 0 saturated carbocycles. The van der Waals surface area contributed by atoms with Crippen LogP contribution in [0.3, 0.4) is 0 Å². The standard InChI is InChI=1S/C27H29N3O2/c1-20-10-9-11-21(2)24(20)28-26(31)27(32)30-18-16-29(17-19-30)25(22-12-5-3-6-13-22)23-14-7-4-8-15-23/h3-15,25H,16-19H2,1-2H3,(H,28,31). The Labute approximate surface area is 189 Å². The molecular weight excluding hydrogens is 398 g/mol. The Hall–Kier alpha value is -3.44. The van der Waals surface area contributed by atoms with Crippen molar-refractivity contribution < 1.29 is 9.59 Å². The molecule has 5 nitrogen and oxygen atoms in total. The van der Waals surface area contributed by atoms with Gasteiger partial charge in [0.1, 0.15) is 0 Å². The average molecular weight is 428 g/mol. The van der Waals surface area contributed by atoms with E-state index in [1.807, 2.05) is 44.2 Å². The third-order valence-corrected chi connectivity index (χ3v) is 6.11. The molecule has 4 rings (SSSR count). The van der Waals surface area contributed by atoms with Crippen LogP contribution in [0.2, 0.25) is 0 Å². The van der Waals surface area contributed by atoms with Crippen LogP contribution in [0.1, 0.15) is 28.3 Å². The molecule has 3 aromatic carbocycles. The van der Waals surface area contributed by atoms with Crippen molar-refractivity contribution in [3.05, 3.63) is 101 Å². The van der Waals surface area contributed by atoms with Crippen LogP contribution in [-0.4, -0.2) is 47.8 Å². The van der Waals surface area contributed by atoms with Crippen molar-refractivity contribution in [1.82, 2.24) is 9.80 Å². The molecule has 0 aromatic heterocycles. The summed E-state index contributed by atoms with van der Waals surface area (Å²) in [5.41, 5.74) is 5.07. The van der Waals surface area contributed by atoms with Crippen LogP contribution in [0, 0.1) is 13.8 Å². The van der Waals surface area contributed by atoms with Crippen molar-refractivity contribution in [2.24, 2.45) is 0 Å². The van der Waals surface area contributed by atoms with E-state index in [1.165, 1.54) is 11.1 Å². The van der Waals surface area contributed by atoms with Gasteiger partial charge in [-0.3, -0.25) is 14.5 Å². The highest BCUT2D eigenvalue weighted by atomic mass is 16.2. The highest BCUT2D eigenvalue weighted by Gasteiger charge is 2.30. The number of nitrogens with one attached hydrogen (secondary N) is 1. The summed E-state index contributed by atoms with van der Waals surface area (Å²) in [4.78, 5) is 29.5. The van der Waals surface area contributed by atoms with Gasteiger partial charge in [0, 0.05) is 31.9 Å². The Kier molecular flexibility index (Phi) is 6.66. The Morgan fingerprint density at radius 1 is 0.719 bits per heavy atom. The largest absolute Gasteiger partial charge is 0.332 e. The second kappa shape index (κ2) is 9.79. The molecule has 32 heavy (non-hydrogen) atoms. The number of anilines is 1. The Balaban J connectivity index is 1.44. The second-order valence-corrected chi connectivity index (χ2v) is 8.27. The lowest BCUT2D eigenvalue weighted by molar-refractivity contribution is -0.144. The van der Waals surface area contributed by atoms with E-state index in [0.717, 1.165) is 16.8 Å². The van der Waals surface area contributed by atoms with Crippen molar-refractivity contribution in [2.75, 3.05) is 31.5 Å². The summed E-state index contributed by atoms with van der Waals surface area (Å²) in [5, 5.41) is 2.82. The quantitative estimate of drug-likeness (QED) is 0.636. The molecule has 0 spiro atoms. The number of carbonyl (C=O) groups excluding carboxylic acids is 2. The summed E-state index contributed by atoms with van der Waals surface area (Å²) in [7, 11) is 0. The number of hydrogen-bond donors (Lipinski definition) is 1. The lowest BCUT2D eigenvalue weighted by Crippen LogP contribution is -2.52. The van der Waals surface area contributed by atoms with E-state index in [4.69, 9.17) is 0 Å². The van der Waals surface area contributed by atoms with E-state index >= 15 is 0 Å². The van der Waals surface area contributed by atoms with Crippen LogP contribution in [0.15, 0.2) is 78.9 Å². The van der Waals surface area contributed by atoms with E-state index in [2.05, 4.69) is 58.7 Å². The van der Waals surface area contributed by atoms with Crippen LogP contribution < -0.4 is 5.32 Å². The van der Waals surface area contributed by atoms with Gasteiger partial charge in [-0.25, -0.2) is 0 Å². The number of piperazine rings is 1. The van der Waals surface area contributed by atoms with Crippen molar-refractivity contribution in [3.8, 4) is 0 Å². The van der Waals surface area contributed by atoms with Gasteiger partial charge >= 0.3 is 11.8 Å². The van der Waals surface area contributed by atoms with Gasteiger partial charge in [0.2, 0.25) is 0 Å². The first-order valence-corrected chi connectivity index (χ1v) is 11.0. The van der Waals surface area contributed by atoms with Crippen molar-refractivity contribution in [3.63, 3.8) is 0 Å². The maximum atomic E-state index is 12.8. The maximum absolute atomic E-state index is 12.8. The number of benzene rings is 3. The zero-order chi connectivity index (χ0) is 22.5. The van der Waals surface area contributed by atoms with Gasteiger partial charge < -0.3 is 10.2 Å². The van der Waals surface area contributed by atoms with Gasteiger partial charge in [0.05, 0.1) is 6.04 Å². The number of nitrogens with zero attached hydrogens (tertiary/aromatic N) is 2. The van der Waals surface area contributed by atoms with E-state index in [0.29, 0.717) is 26.2 Å². The van der Waals surface area contributed by atoms with Gasteiger partial charge in [-0.2, -0.15) is 0 Å². The Bertz CT molecular complexity index is 1010. The van der Waals surface area contributed by atoms with E-state index in [9.17, 15) is 9.59 Å². The van der Waals surface area contributed by atoms with E-state index in [1.54, 1.807) is 4.90 Å². The normalized spacial score (nSPS) is 14.4. The Morgan fingerprint density at radius 3 is 1.72 bits per heavy atom. The first kappa shape index (κ1) is 21.8. The fourth-order valence-electron chi connectivity index (χ4n) is 4.39. The summed E-state index contributed by atoms with van der Waals surface area (Å²) >= 11 is 0. The summed E-state index contributed by atoms with van der Waals surface area (Å²) in [6, 6.07) is 26.8. The fourth-order valence-corrected chi connectivity index (χ4v) is 4.39. The molecule has 1 aliphatic rings. The number of hydrogen-bond acceptors (Lipinski definition) is 3. The summed E-state index contributed by atoms with van der Waals surface area (Å²) < 4.78 is 0. The minimum Gasteiger partial charge on any atom is -0.332 e. The van der Waals surface area contributed by atoms with Gasteiger partial charge in [-0.15, -0.1) is 0 Å². The highest BCUT2D eigenvalue weighted by molar-refractivity contribution is 6.39. The summed E-state index contributed by atoms with van der Waals surface area (Å²) in [6.07, 6.45) is 0. The van der Waals surface area contributed by atoms with Crippen LogP contribution >= 0.6 is 0 Å². The summed E-state index contributed by atoms with van der Waals surface area (Å²) in [5.74, 6) is -1.04. The number of aryl methyl sites for hydroxylation is 2. The highest BCUT2D eigenvalue weighted by Crippen LogP contribution is 2.29. The zero-order valence-electron chi connectivity index (χ0n) is 18.6. The second-order valence-electron chi connectivity index (χ2n) is 8.27. The predicted molar refractivity (Wildman–Crippen MR) is 127 cm³/mol. The molecule has 1 heterocycles. The van der Waals surface area contributed by atoms with Gasteiger partial charge in [0.25, 0.3) is 0 Å². The van der Waals surface area contributed by atoms with Crippen LogP contribution in [-0.2, 0) is 9.59 Å². The third kappa shape index (κ3) is 4.73. The first-order chi connectivity index (χ1) is 15.5.